The number of hydrogen-bond donors (Lipinski definition) is 1. The van der Waals surface area contributed by atoms with E-state index >= 15 is 0 Å². The van der Waals surface area contributed by atoms with E-state index < -0.39 is 0 Å². The average Bonchev–Trinajstić information content (AvgIpc) is 2.84. The first kappa shape index (κ1) is 12.7. The number of hydrogen-bond acceptors (Lipinski definition) is 3. The van der Waals surface area contributed by atoms with Crippen LogP contribution in [0, 0.1) is 0 Å². The maximum atomic E-state index is 5.71. The zero-order valence-electron chi connectivity index (χ0n) is 10.8. The lowest BCUT2D eigenvalue weighted by Gasteiger charge is -2.08. The van der Waals surface area contributed by atoms with Crippen molar-refractivity contribution in [1.29, 1.82) is 0 Å². The number of furan rings is 1. The van der Waals surface area contributed by atoms with Crippen LogP contribution in [0.5, 0.6) is 5.75 Å². The van der Waals surface area contributed by atoms with Gasteiger partial charge in [0.05, 0.1) is 6.26 Å². The van der Waals surface area contributed by atoms with E-state index in [9.17, 15) is 0 Å². The molecule has 2 rings (SSSR count). The Bertz CT molecular complexity index is 503. The molecule has 0 saturated heterocycles. The molecule has 0 aliphatic carbocycles. The van der Waals surface area contributed by atoms with E-state index in [0.29, 0.717) is 19.1 Å². The number of ether oxygens (including phenoxy) is 1. The van der Waals surface area contributed by atoms with Crippen LogP contribution in [0.2, 0.25) is 0 Å². The molecule has 3 heteroatoms. The van der Waals surface area contributed by atoms with Crippen LogP contribution in [-0.4, -0.2) is 0 Å². The summed E-state index contributed by atoms with van der Waals surface area (Å²) in [5, 5.41) is 0. The molecule has 3 nitrogen and oxygen atoms in total. The van der Waals surface area contributed by atoms with Crippen LogP contribution in [0.1, 0.15) is 36.7 Å². The Hall–Kier alpha value is -1.74. The van der Waals surface area contributed by atoms with Gasteiger partial charge in [0, 0.05) is 12.1 Å². The summed E-state index contributed by atoms with van der Waals surface area (Å²) in [7, 11) is 0. The fourth-order valence-corrected chi connectivity index (χ4v) is 1.73. The Labute approximate surface area is 108 Å². The third-order valence-corrected chi connectivity index (χ3v) is 2.85. The lowest BCUT2D eigenvalue weighted by molar-refractivity contribution is 0.270. The van der Waals surface area contributed by atoms with Crippen molar-refractivity contribution in [3.63, 3.8) is 0 Å². The predicted molar refractivity (Wildman–Crippen MR) is 71.5 cm³/mol. The van der Waals surface area contributed by atoms with Gasteiger partial charge in [-0.2, -0.15) is 0 Å². The van der Waals surface area contributed by atoms with Crippen LogP contribution < -0.4 is 10.5 Å². The molecule has 1 aromatic carbocycles. The van der Waals surface area contributed by atoms with Crippen LogP contribution >= 0.6 is 0 Å². The third kappa shape index (κ3) is 3.14. The summed E-state index contributed by atoms with van der Waals surface area (Å²) in [5.74, 6) is 2.17. The second-order valence-corrected chi connectivity index (χ2v) is 4.64. The lowest BCUT2D eigenvalue weighted by atomic mass is 10.0. The van der Waals surface area contributed by atoms with E-state index in [1.165, 1.54) is 5.56 Å². The molecule has 1 aromatic heterocycles. The SMILES string of the molecule is CC(C)c1cccc(OCc2cc(CN)co2)c1. The molecule has 1 heterocycles. The zero-order valence-corrected chi connectivity index (χ0v) is 10.8. The normalized spacial score (nSPS) is 10.9. The van der Waals surface area contributed by atoms with Crippen molar-refractivity contribution in [1.82, 2.24) is 0 Å². The smallest absolute Gasteiger partial charge is 0.146 e. The summed E-state index contributed by atoms with van der Waals surface area (Å²) < 4.78 is 11.1. The summed E-state index contributed by atoms with van der Waals surface area (Å²) in [5.41, 5.74) is 7.79. The Morgan fingerprint density at radius 2 is 2.11 bits per heavy atom. The fourth-order valence-electron chi connectivity index (χ4n) is 1.73. The van der Waals surface area contributed by atoms with Gasteiger partial charge in [0.2, 0.25) is 0 Å². The molecule has 0 fully saturated rings. The van der Waals surface area contributed by atoms with Crippen molar-refractivity contribution in [3.05, 3.63) is 53.5 Å². The van der Waals surface area contributed by atoms with E-state index in [2.05, 4.69) is 26.0 Å². The highest BCUT2D eigenvalue weighted by atomic mass is 16.5. The first-order valence-corrected chi connectivity index (χ1v) is 6.18. The fraction of sp³-hybridized carbons (Fsp3) is 0.333. The summed E-state index contributed by atoms with van der Waals surface area (Å²) in [6.45, 7) is 5.26. The second-order valence-electron chi connectivity index (χ2n) is 4.64. The van der Waals surface area contributed by atoms with Gasteiger partial charge in [-0.1, -0.05) is 26.0 Å². The summed E-state index contributed by atoms with van der Waals surface area (Å²) in [6.07, 6.45) is 1.67. The van der Waals surface area contributed by atoms with Gasteiger partial charge < -0.3 is 14.9 Å². The Morgan fingerprint density at radius 1 is 1.28 bits per heavy atom. The first-order chi connectivity index (χ1) is 8.69. The lowest BCUT2D eigenvalue weighted by Crippen LogP contribution is -1.96. The molecule has 0 aliphatic rings. The molecule has 0 atom stereocenters. The maximum Gasteiger partial charge on any atom is 0.146 e. The Morgan fingerprint density at radius 3 is 2.78 bits per heavy atom. The highest BCUT2D eigenvalue weighted by Gasteiger charge is 2.04. The van der Waals surface area contributed by atoms with Gasteiger partial charge in [0.25, 0.3) is 0 Å². The average molecular weight is 245 g/mol. The number of nitrogens with two attached hydrogens (primary N) is 1. The van der Waals surface area contributed by atoms with Crippen molar-refractivity contribution in [2.75, 3.05) is 0 Å². The van der Waals surface area contributed by atoms with Gasteiger partial charge in [0.1, 0.15) is 18.1 Å². The van der Waals surface area contributed by atoms with Crippen molar-refractivity contribution < 1.29 is 9.15 Å². The molecule has 0 amide bonds. The van der Waals surface area contributed by atoms with E-state index in [4.69, 9.17) is 14.9 Å². The molecule has 0 aliphatic heterocycles. The van der Waals surface area contributed by atoms with Crippen LogP contribution in [0.15, 0.2) is 41.0 Å². The highest BCUT2D eigenvalue weighted by molar-refractivity contribution is 5.30. The quantitative estimate of drug-likeness (QED) is 0.877. The molecule has 96 valence electrons. The van der Waals surface area contributed by atoms with E-state index in [-0.39, 0.29) is 0 Å². The number of rotatable bonds is 5. The maximum absolute atomic E-state index is 5.71. The molecule has 0 saturated carbocycles. The third-order valence-electron chi connectivity index (χ3n) is 2.85. The van der Waals surface area contributed by atoms with Crippen LogP contribution in [0.25, 0.3) is 0 Å². The minimum absolute atomic E-state index is 0.432. The summed E-state index contributed by atoms with van der Waals surface area (Å²) >= 11 is 0. The Balaban J connectivity index is 1.99. The largest absolute Gasteiger partial charge is 0.486 e. The van der Waals surface area contributed by atoms with E-state index in [1.807, 2.05) is 18.2 Å². The zero-order chi connectivity index (χ0) is 13.0. The van der Waals surface area contributed by atoms with E-state index in [0.717, 1.165) is 17.1 Å². The standard InChI is InChI=1S/C15H19NO2/c1-11(2)13-4-3-5-14(7-13)18-10-15-6-12(8-16)9-17-15/h3-7,9,11H,8,10,16H2,1-2H3. The molecule has 0 unspecified atom stereocenters. The molecule has 2 N–H and O–H groups in total. The van der Waals surface area contributed by atoms with Crippen molar-refractivity contribution in [2.24, 2.45) is 5.73 Å². The predicted octanol–water partition coefficient (Wildman–Crippen LogP) is 3.44. The molecular formula is C15H19NO2. The van der Waals surface area contributed by atoms with Crippen LogP contribution in [0.4, 0.5) is 0 Å². The monoisotopic (exact) mass is 245 g/mol. The molecular weight excluding hydrogens is 226 g/mol. The van der Waals surface area contributed by atoms with Gasteiger partial charge >= 0.3 is 0 Å². The van der Waals surface area contributed by atoms with Gasteiger partial charge in [-0.3, -0.25) is 0 Å². The molecule has 0 radical (unpaired) electrons. The number of benzene rings is 1. The second kappa shape index (κ2) is 5.74. The van der Waals surface area contributed by atoms with Gasteiger partial charge in [0.15, 0.2) is 0 Å². The van der Waals surface area contributed by atoms with Crippen molar-refractivity contribution in [3.8, 4) is 5.75 Å². The topological polar surface area (TPSA) is 48.4 Å². The van der Waals surface area contributed by atoms with E-state index in [1.54, 1.807) is 6.26 Å². The minimum atomic E-state index is 0.432. The minimum Gasteiger partial charge on any atom is -0.486 e. The van der Waals surface area contributed by atoms with Crippen LogP contribution in [-0.2, 0) is 13.2 Å². The molecule has 18 heavy (non-hydrogen) atoms. The van der Waals surface area contributed by atoms with Crippen molar-refractivity contribution >= 4 is 0 Å². The van der Waals surface area contributed by atoms with Crippen LogP contribution in [0.3, 0.4) is 0 Å². The highest BCUT2D eigenvalue weighted by Crippen LogP contribution is 2.21. The summed E-state index contributed by atoms with van der Waals surface area (Å²) in [6, 6.07) is 10.1. The summed E-state index contributed by atoms with van der Waals surface area (Å²) in [4.78, 5) is 0. The van der Waals surface area contributed by atoms with Gasteiger partial charge in [-0.15, -0.1) is 0 Å². The molecule has 0 spiro atoms. The molecule has 2 aromatic rings. The van der Waals surface area contributed by atoms with Gasteiger partial charge in [-0.05, 0) is 29.7 Å². The first-order valence-electron chi connectivity index (χ1n) is 6.18. The van der Waals surface area contributed by atoms with Crippen molar-refractivity contribution in [2.45, 2.75) is 32.9 Å². The van der Waals surface area contributed by atoms with Gasteiger partial charge in [-0.25, -0.2) is 0 Å². The molecule has 0 bridgehead atoms. The Kier molecular flexibility index (Phi) is 4.05.